The fourth-order valence-corrected chi connectivity index (χ4v) is 4.77. The highest BCUT2D eigenvalue weighted by atomic mass is 32.2. The maximum atomic E-state index is 13.3. The molecule has 2 aliphatic rings. The predicted molar refractivity (Wildman–Crippen MR) is 108 cm³/mol. The summed E-state index contributed by atoms with van der Waals surface area (Å²) in [6, 6.07) is 8.66. The zero-order chi connectivity index (χ0) is 18.5. The second-order valence-corrected chi connectivity index (χ2v) is 9.16. The number of benzene rings is 1. The van der Waals surface area contributed by atoms with Gasteiger partial charge in [-0.05, 0) is 51.2 Å². The summed E-state index contributed by atoms with van der Waals surface area (Å²) in [6.07, 6.45) is 4.33. The monoisotopic (exact) mass is 383 g/mol. The fourth-order valence-electron chi connectivity index (χ4n) is 3.68. The van der Waals surface area contributed by atoms with E-state index in [4.69, 9.17) is 10.1 Å². The van der Waals surface area contributed by atoms with Crippen molar-refractivity contribution >= 4 is 28.7 Å². The normalized spacial score (nSPS) is 17.7. The van der Waals surface area contributed by atoms with Gasteiger partial charge in [-0.15, -0.1) is 0 Å². The molecule has 0 atom stereocenters. The summed E-state index contributed by atoms with van der Waals surface area (Å²) in [6.45, 7) is 2.02. The van der Waals surface area contributed by atoms with Gasteiger partial charge in [-0.25, -0.2) is 14.1 Å². The second-order valence-electron chi connectivity index (χ2n) is 7.55. The summed E-state index contributed by atoms with van der Waals surface area (Å²) in [5.74, 6) is 1.29. The topological polar surface area (TPSA) is 37.2 Å². The first kappa shape index (κ1) is 17.0. The van der Waals surface area contributed by atoms with E-state index in [9.17, 15) is 4.39 Å². The Labute approximate surface area is 162 Å². The zero-order valence-electron chi connectivity index (χ0n) is 15.5. The van der Waals surface area contributed by atoms with Crippen LogP contribution in [0.2, 0.25) is 0 Å². The Morgan fingerprint density at radius 3 is 2.56 bits per heavy atom. The van der Waals surface area contributed by atoms with Crippen molar-refractivity contribution in [2.75, 3.05) is 32.1 Å². The molecule has 27 heavy (non-hydrogen) atoms. The molecule has 3 aromatic rings. The lowest BCUT2D eigenvalue weighted by Crippen LogP contribution is -2.50. The van der Waals surface area contributed by atoms with Crippen LogP contribution < -0.4 is 4.90 Å². The van der Waals surface area contributed by atoms with Gasteiger partial charge in [-0.2, -0.15) is 5.10 Å². The lowest BCUT2D eigenvalue weighted by atomic mass is 10.1. The highest BCUT2D eigenvalue weighted by Gasteiger charge is 2.32. The molecule has 0 amide bonds. The summed E-state index contributed by atoms with van der Waals surface area (Å²) >= 11 is 1.87. The minimum atomic E-state index is -0.227. The van der Waals surface area contributed by atoms with Crippen LogP contribution in [-0.4, -0.2) is 51.5 Å². The fraction of sp³-hybridized carbons (Fsp3) is 0.400. The molecule has 3 heterocycles. The van der Waals surface area contributed by atoms with E-state index in [0.717, 1.165) is 35.5 Å². The highest BCUT2D eigenvalue weighted by Crippen LogP contribution is 2.44. The van der Waals surface area contributed by atoms with E-state index < -0.39 is 0 Å². The van der Waals surface area contributed by atoms with Crippen molar-refractivity contribution < 1.29 is 4.39 Å². The smallest absolute Gasteiger partial charge is 0.130 e. The number of pyridine rings is 1. The largest absolute Gasteiger partial charge is 0.354 e. The number of fused-ring (bicyclic) bond motifs is 1. The number of hydrogen-bond donors (Lipinski definition) is 0. The molecule has 2 fully saturated rings. The van der Waals surface area contributed by atoms with Crippen molar-refractivity contribution in [3.05, 3.63) is 48.0 Å². The Morgan fingerprint density at radius 1 is 1.15 bits per heavy atom. The Kier molecular flexibility index (Phi) is 4.09. The van der Waals surface area contributed by atoms with Crippen molar-refractivity contribution in [1.82, 2.24) is 19.1 Å². The van der Waals surface area contributed by atoms with Crippen LogP contribution in [-0.2, 0) is 0 Å². The lowest BCUT2D eigenvalue weighted by Gasteiger charge is -2.40. The number of aromatic nitrogens is 3. The molecule has 5 rings (SSSR count). The number of nitrogens with zero attached hydrogens (tertiary/aromatic N) is 5. The standard InChI is InChI=1S/C20H22FN5S/c1-24(2)27-16-11-25(12-16)19-9-18-17(10-22-19)20(13-3-4-13)26(23-18)15-7-5-14(21)6-8-15/h5-10,13,16H,3-4,11-12H2,1-2H3. The van der Waals surface area contributed by atoms with Crippen molar-refractivity contribution in [3.8, 4) is 5.69 Å². The average Bonchev–Trinajstić information content (AvgIpc) is 3.38. The Hall–Kier alpha value is -2.12. The molecule has 1 saturated carbocycles. The number of anilines is 1. The van der Waals surface area contributed by atoms with Gasteiger partial charge >= 0.3 is 0 Å². The highest BCUT2D eigenvalue weighted by molar-refractivity contribution is 7.97. The Morgan fingerprint density at radius 2 is 1.89 bits per heavy atom. The molecule has 1 aromatic carbocycles. The molecule has 7 heteroatoms. The van der Waals surface area contributed by atoms with Gasteiger partial charge < -0.3 is 4.90 Å². The minimum Gasteiger partial charge on any atom is -0.354 e. The summed E-state index contributed by atoms with van der Waals surface area (Å²) < 4.78 is 17.5. The van der Waals surface area contributed by atoms with E-state index in [1.807, 2.05) is 22.8 Å². The van der Waals surface area contributed by atoms with Gasteiger partial charge in [0.05, 0.1) is 22.1 Å². The van der Waals surface area contributed by atoms with E-state index in [0.29, 0.717) is 11.2 Å². The number of hydrogen-bond acceptors (Lipinski definition) is 5. The van der Waals surface area contributed by atoms with Crippen LogP contribution >= 0.6 is 11.9 Å². The summed E-state index contributed by atoms with van der Waals surface area (Å²) in [4.78, 5) is 7.02. The van der Waals surface area contributed by atoms with Crippen molar-refractivity contribution in [1.29, 1.82) is 0 Å². The molecule has 1 aliphatic carbocycles. The molecule has 0 radical (unpaired) electrons. The van der Waals surface area contributed by atoms with E-state index in [-0.39, 0.29) is 5.82 Å². The quantitative estimate of drug-likeness (QED) is 0.626. The van der Waals surface area contributed by atoms with Crippen molar-refractivity contribution in [3.63, 3.8) is 0 Å². The molecule has 140 valence electrons. The van der Waals surface area contributed by atoms with E-state index in [2.05, 4.69) is 29.4 Å². The van der Waals surface area contributed by atoms with Crippen molar-refractivity contribution in [2.24, 2.45) is 0 Å². The van der Waals surface area contributed by atoms with Gasteiger partial charge in [0.2, 0.25) is 0 Å². The van der Waals surface area contributed by atoms with Gasteiger partial charge in [-0.1, -0.05) is 11.9 Å². The number of rotatable bonds is 5. The van der Waals surface area contributed by atoms with Gasteiger partial charge in [0.25, 0.3) is 0 Å². The molecule has 0 bridgehead atoms. The second kappa shape index (κ2) is 6.49. The summed E-state index contributed by atoms with van der Waals surface area (Å²) in [5, 5.41) is 6.59. The van der Waals surface area contributed by atoms with Gasteiger partial charge in [0.1, 0.15) is 11.6 Å². The van der Waals surface area contributed by atoms with Gasteiger partial charge in [-0.3, -0.25) is 4.31 Å². The van der Waals surface area contributed by atoms with E-state index in [1.54, 1.807) is 12.1 Å². The molecule has 1 aliphatic heterocycles. The third kappa shape index (κ3) is 3.19. The SMILES string of the molecule is CN(C)SC1CN(c2cc3nn(-c4ccc(F)cc4)c(C4CC4)c3cn2)C1. The minimum absolute atomic E-state index is 0.227. The first-order chi connectivity index (χ1) is 13.1. The summed E-state index contributed by atoms with van der Waals surface area (Å²) in [7, 11) is 4.16. The summed E-state index contributed by atoms with van der Waals surface area (Å²) in [5.41, 5.74) is 3.08. The van der Waals surface area contributed by atoms with Gasteiger partial charge in [0.15, 0.2) is 0 Å². The molecule has 0 spiro atoms. The number of halogens is 1. The van der Waals surface area contributed by atoms with E-state index in [1.165, 1.54) is 30.7 Å². The molecular weight excluding hydrogens is 361 g/mol. The Balaban J connectivity index is 1.48. The molecular formula is C20H22FN5S. The molecule has 5 nitrogen and oxygen atoms in total. The molecule has 2 aromatic heterocycles. The van der Waals surface area contributed by atoms with Crippen LogP contribution in [0.25, 0.3) is 16.6 Å². The van der Waals surface area contributed by atoms with Crippen LogP contribution in [0.5, 0.6) is 0 Å². The average molecular weight is 383 g/mol. The van der Waals surface area contributed by atoms with Crippen LogP contribution in [0.3, 0.4) is 0 Å². The van der Waals surface area contributed by atoms with Crippen LogP contribution in [0.4, 0.5) is 10.2 Å². The molecule has 0 N–H and O–H groups in total. The zero-order valence-corrected chi connectivity index (χ0v) is 16.3. The van der Waals surface area contributed by atoms with Crippen LogP contribution in [0.1, 0.15) is 24.5 Å². The van der Waals surface area contributed by atoms with Gasteiger partial charge in [0, 0.05) is 36.7 Å². The van der Waals surface area contributed by atoms with Crippen LogP contribution in [0.15, 0.2) is 36.5 Å². The third-order valence-corrected chi connectivity index (χ3v) is 6.16. The predicted octanol–water partition coefficient (Wildman–Crippen LogP) is 3.84. The van der Waals surface area contributed by atoms with Crippen molar-refractivity contribution in [2.45, 2.75) is 24.0 Å². The molecule has 0 unspecified atom stereocenters. The Bertz CT molecular complexity index is 974. The maximum Gasteiger partial charge on any atom is 0.130 e. The van der Waals surface area contributed by atoms with Crippen LogP contribution in [0, 0.1) is 5.82 Å². The lowest BCUT2D eigenvalue weighted by molar-refractivity contribution is 0.601. The van der Waals surface area contributed by atoms with E-state index >= 15 is 0 Å². The maximum absolute atomic E-state index is 13.3. The first-order valence-corrected chi connectivity index (χ1v) is 10.2. The molecule has 1 saturated heterocycles. The first-order valence-electron chi connectivity index (χ1n) is 9.32. The third-order valence-electron chi connectivity index (χ3n) is 5.15.